The first-order chi connectivity index (χ1) is 12.9. The van der Waals surface area contributed by atoms with E-state index in [-0.39, 0.29) is 12.1 Å². The Labute approximate surface area is 172 Å². The highest BCUT2D eigenvalue weighted by atomic mass is 79.9. The van der Waals surface area contributed by atoms with Crippen molar-refractivity contribution in [3.8, 4) is 5.75 Å². The Kier molecular flexibility index (Phi) is 5.98. The number of aromatic nitrogens is 1. The first-order valence-corrected chi connectivity index (χ1v) is 9.70. The van der Waals surface area contributed by atoms with Gasteiger partial charge in [-0.25, -0.2) is 0 Å². The molecule has 0 unspecified atom stereocenters. The Bertz CT molecular complexity index is 1110. The third-order valence-corrected chi connectivity index (χ3v) is 5.62. The van der Waals surface area contributed by atoms with Crippen LogP contribution in [-0.2, 0) is 16.1 Å². The van der Waals surface area contributed by atoms with Crippen molar-refractivity contribution in [2.75, 3.05) is 14.2 Å². The average Bonchev–Trinajstić information content (AvgIpc) is 2.99. The van der Waals surface area contributed by atoms with Gasteiger partial charge in [0.2, 0.25) is 0 Å². The largest absolute Gasteiger partial charge is 0.497 e. The van der Waals surface area contributed by atoms with Gasteiger partial charge in [-0.3, -0.25) is 9.59 Å². The van der Waals surface area contributed by atoms with Crippen molar-refractivity contribution in [1.82, 2.24) is 4.57 Å². The van der Waals surface area contributed by atoms with Crippen LogP contribution in [0.15, 0.2) is 45.9 Å². The van der Waals surface area contributed by atoms with Crippen LogP contribution < -0.4 is 9.54 Å². The standard InChI is InChI=1S/C18H14BrClN2O4S/c1-25-11-4-6-14-15(8-11)27-18(22(14)9-16(23)26-2)21-17(24)12-7-10(19)3-5-13(12)20/h3-8H,9H2,1-2H3. The molecule has 9 heteroatoms. The van der Waals surface area contributed by atoms with Gasteiger partial charge in [-0.1, -0.05) is 38.9 Å². The minimum absolute atomic E-state index is 0.0683. The van der Waals surface area contributed by atoms with Gasteiger partial charge < -0.3 is 14.0 Å². The Morgan fingerprint density at radius 3 is 2.70 bits per heavy atom. The summed E-state index contributed by atoms with van der Waals surface area (Å²) in [6, 6.07) is 10.4. The molecular formula is C18H14BrClN2O4S. The highest BCUT2D eigenvalue weighted by molar-refractivity contribution is 9.10. The number of thiazole rings is 1. The molecule has 1 amide bonds. The minimum atomic E-state index is -0.501. The fraction of sp³-hybridized carbons (Fsp3) is 0.167. The monoisotopic (exact) mass is 468 g/mol. The second kappa shape index (κ2) is 8.24. The summed E-state index contributed by atoms with van der Waals surface area (Å²) in [4.78, 5) is 29.1. The smallest absolute Gasteiger partial charge is 0.325 e. The Hall–Kier alpha value is -2.16. The average molecular weight is 470 g/mol. The third-order valence-electron chi connectivity index (χ3n) is 3.76. The number of halogens is 2. The fourth-order valence-electron chi connectivity index (χ4n) is 2.42. The van der Waals surface area contributed by atoms with Crippen LogP contribution in [0.1, 0.15) is 10.4 Å². The Morgan fingerprint density at radius 1 is 1.22 bits per heavy atom. The molecule has 2 aromatic carbocycles. The van der Waals surface area contributed by atoms with Crippen LogP contribution in [0.25, 0.3) is 10.2 Å². The van der Waals surface area contributed by atoms with E-state index in [1.165, 1.54) is 18.4 Å². The van der Waals surface area contributed by atoms with E-state index in [9.17, 15) is 9.59 Å². The summed E-state index contributed by atoms with van der Waals surface area (Å²) in [6.45, 7) is -0.0683. The zero-order chi connectivity index (χ0) is 19.6. The number of rotatable bonds is 4. The predicted molar refractivity (Wildman–Crippen MR) is 107 cm³/mol. The summed E-state index contributed by atoms with van der Waals surface area (Å²) in [6.07, 6.45) is 0. The van der Waals surface area contributed by atoms with Gasteiger partial charge in [0, 0.05) is 4.47 Å². The normalized spacial score (nSPS) is 11.6. The molecule has 6 nitrogen and oxygen atoms in total. The van der Waals surface area contributed by atoms with E-state index in [0.717, 1.165) is 10.2 Å². The van der Waals surface area contributed by atoms with Gasteiger partial charge in [0.25, 0.3) is 5.91 Å². The number of ether oxygens (including phenoxy) is 2. The minimum Gasteiger partial charge on any atom is -0.497 e. The van der Waals surface area contributed by atoms with Crippen molar-refractivity contribution in [1.29, 1.82) is 0 Å². The van der Waals surface area contributed by atoms with Gasteiger partial charge in [0.1, 0.15) is 12.3 Å². The Balaban J connectivity index is 2.17. The summed E-state index contributed by atoms with van der Waals surface area (Å²) in [7, 11) is 2.88. The maximum absolute atomic E-state index is 12.7. The van der Waals surface area contributed by atoms with Crippen molar-refractivity contribution >= 4 is 61.0 Å². The van der Waals surface area contributed by atoms with Crippen molar-refractivity contribution in [3.63, 3.8) is 0 Å². The van der Waals surface area contributed by atoms with Gasteiger partial charge in [-0.2, -0.15) is 4.99 Å². The fourth-order valence-corrected chi connectivity index (χ4v) is 4.04. The number of esters is 1. The van der Waals surface area contributed by atoms with Gasteiger partial charge in [-0.05, 0) is 36.4 Å². The second-order valence-electron chi connectivity index (χ2n) is 5.42. The molecule has 0 spiro atoms. The molecule has 0 atom stereocenters. The maximum Gasteiger partial charge on any atom is 0.325 e. The molecule has 0 N–H and O–H groups in total. The lowest BCUT2D eigenvalue weighted by Gasteiger charge is -2.05. The van der Waals surface area contributed by atoms with Crippen LogP contribution in [-0.4, -0.2) is 30.7 Å². The molecule has 0 bridgehead atoms. The number of hydrogen-bond acceptors (Lipinski definition) is 5. The van der Waals surface area contributed by atoms with Gasteiger partial charge in [-0.15, -0.1) is 0 Å². The zero-order valence-corrected chi connectivity index (χ0v) is 17.5. The molecule has 0 aliphatic heterocycles. The summed E-state index contributed by atoms with van der Waals surface area (Å²) in [5.74, 6) is -0.278. The molecule has 0 saturated carbocycles. The quantitative estimate of drug-likeness (QED) is 0.541. The van der Waals surface area contributed by atoms with E-state index < -0.39 is 11.9 Å². The highest BCUT2D eigenvalue weighted by Crippen LogP contribution is 2.24. The number of carbonyl (C=O) groups excluding carboxylic acids is 2. The van der Waals surface area contributed by atoms with Gasteiger partial charge in [0.05, 0.1) is 35.0 Å². The van der Waals surface area contributed by atoms with Crippen molar-refractivity contribution in [3.05, 3.63) is 56.3 Å². The molecule has 0 fully saturated rings. The van der Waals surface area contributed by atoms with Crippen molar-refractivity contribution < 1.29 is 19.1 Å². The van der Waals surface area contributed by atoms with E-state index in [4.69, 9.17) is 21.1 Å². The molecule has 1 aromatic heterocycles. The molecule has 27 heavy (non-hydrogen) atoms. The Morgan fingerprint density at radius 2 is 2.00 bits per heavy atom. The number of nitrogens with zero attached hydrogens (tertiary/aromatic N) is 2. The SMILES string of the molecule is COC(=O)Cn1c(=NC(=O)c2cc(Br)ccc2Cl)sc2cc(OC)ccc21. The lowest BCUT2D eigenvalue weighted by Crippen LogP contribution is -2.22. The zero-order valence-electron chi connectivity index (χ0n) is 14.4. The molecule has 1 heterocycles. The van der Waals surface area contributed by atoms with Gasteiger partial charge >= 0.3 is 5.97 Å². The summed E-state index contributed by atoms with van der Waals surface area (Å²) >= 11 is 10.7. The number of hydrogen-bond donors (Lipinski definition) is 0. The number of benzene rings is 2. The van der Waals surface area contributed by atoms with Crippen LogP contribution in [0.3, 0.4) is 0 Å². The summed E-state index contributed by atoms with van der Waals surface area (Å²) in [5, 5.41) is 0.300. The molecule has 0 radical (unpaired) electrons. The third kappa shape index (κ3) is 4.23. The lowest BCUT2D eigenvalue weighted by atomic mass is 10.2. The van der Waals surface area contributed by atoms with E-state index >= 15 is 0 Å². The number of carbonyl (C=O) groups is 2. The van der Waals surface area contributed by atoms with Crippen LogP contribution in [0, 0.1) is 0 Å². The topological polar surface area (TPSA) is 69.9 Å². The molecular weight excluding hydrogens is 456 g/mol. The lowest BCUT2D eigenvalue weighted by molar-refractivity contribution is -0.141. The van der Waals surface area contributed by atoms with Crippen LogP contribution >= 0.6 is 38.9 Å². The number of methoxy groups -OCH3 is 2. The van der Waals surface area contributed by atoms with E-state index in [2.05, 4.69) is 20.9 Å². The first kappa shape index (κ1) is 19.6. The first-order valence-electron chi connectivity index (χ1n) is 7.71. The number of amides is 1. The van der Waals surface area contributed by atoms with E-state index in [0.29, 0.717) is 20.0 Å². The van der Waals surface area contributed by atoms with E-state index in [1.54, 1.807) is 35.9 Å². The second-order valence-corrected chi connectivity index (χ2v) is 7.75. The summed E-state index contributed by atoms with van der Waals surface area (Å²) in [5.41, 5.74) is 1.02. The highest BCUT2D eigenvalue weighted by Gasteiger charge is 2.15. The summed E-state index contributed by atoms with van der Waals surface area (Å²) < 4.78 is 13.2. The molecule has 3 aromatic rings. The van der Waals surface area contributed by atoms with Crippen LogP contribution in [0.5, 0.6) is 5.75 Å². The van der Waals surface area contributed by atoms with Crippen LogP contribution in [0.2, 0.25) is 5.02 Å². The molecule has 0 saturated heterocycles. The number of fused-ring (bicyclic) bond motifs is 1. The maximum atomic E-state index is 12.7. The van der Waals surface area contributed by atoms with E-state index in [1.807, 2.05) is 12.1 Å². The van der Waals surface area contributed by atoms with Crippen molar-refractivity contribution in [2.45, 2.75) is 6.54 Å². The predicted octanol–water partition coefficient (Wildman–Crippen LogP) is 4.04. The molecule has 0 aliphatic rings. The molecule has 3 rings (SSSR count). The molecule has 140 valence electrons. The van der Waals surface area contributed by atoms with Gasteiger partial charge in [0.15, 0.2) is 4.80 Å². The molecule has 0 aliphatic carbocycles. The van der Waals surface area contributed by atoms with Crippen LogP contribution in [0.4, 0.5) is 0 Å². The van der Waals surface area contributed by atoms with Crippen molar-refractivity contribution in [2.24, 2.45) is 4.99 Å².